The molecule has 0 bridgehead atoms. The van der Waals surface area contributed by atoms with Crippen LogP contribution in [0.3, 0.4) is 0 Å². The molecule has 0 unspecified atom stereocenters. The van der Waals surface area contributed by atoms with Gasteiger partial charge < -0.3 is 0 Å². The molecule has 0 aromatic heterocycles. The molecule has 0 aliphatic heterocycles. The van der Waals surface area contributed by atoms with Gasteiger partial charge in [0.2, 0.25) is 20.0 Å². The van der Waals surface area contributed by atoms with Crippen LogP contribution in [0.15, 0.2) is 88.7 Å². The van der Waals surface area contributed by atoms with Gasteiger partial charge in [-0.1, -0.05) is 67.8 Å². The lowest BCUT2D eigenvalue weighted by molar-refractivity contribution is 0.286. The van der Waals surface area contributed by atoms with E-state index in [-0.39, 0.29) is 34.5 Å². The number of hydrogen-bond donors (Lipinski definition) is 0. The van der Waals surface area contributed by atoms with Crippen molar-refractivity contribution in [3.05, 3.63) is 95.8 Å². The van der Waals surface area contributed by atoms with Gasteiger partial charge in [-0.2, -0.15) is 8.61 Å². The predicted molar refractivity (Wildman–Crippen MR) is 142 cm³/mol. The van der Waals surface area contributed by atoms with Crippen LogP contribution in [-0.4, -0.2) is 45.1 Å². The first kappa shape index (κ1) is 27.4. The Balaban J connectivity index is 1.59. The normalized spacial score (nSPS) is 15.4. The maximum Gasteiger partial charge on any atom is 0.243 e. The van der Waals surface area contributed by atoms with Crippen molar-refractivity contribution in [2.75, 3.05) is 13.6 Å². The van der Waals surface area contributed by atoms with Crippen molar-refractivity contribution in [1.29, 1.82) is 0 Å². The highest BCUT2D eigenvalue weighted by Crippen LogP contribution is 2.28. The van der Waals surface area contributed by atoms with Crippen LogP contribution >= 0.6 is 0 Å². The number of nitrogens with zero attached hydrogens (tertiary/aromatic N) is 2. The monoisotopic (exact) mass is 544 g/mol. The van der Waals surface area contributed by atoms with E-state index in [0.29, 0.717) is 6.42 Å². The van der Waals surface area contributed by atoms with Crippen LogP contribution in [0.2, 0.25) is 0 Å². The predicted octanol–water partition coefficient (Wildman–Crippen LogP) is 5.21. The van der Waals surface area contributed by atoms with Gasteiger partial charge in [-0.15, -0.1) is 0 Å². The van der Waals surface area contributed by atoms with Crippen molar-refractivity contribution in [2.24, 2.45) is 0 Å². The number of hydrogen-bond acceptors (Lipinski definition) is 4. The van der Waals surface area contributed by atoms with Gasteiger partial charge >= 0.3 is 0 Å². The van der Waals surface area contributed by atoms with E-state index in [9.17, 15) is 21.2 Å². The fourth-order valence-corrected chi connectivity index (χ4v) is 7.57. The van der Waals surface area contributed by atoms with Crippen LogP contribution in [0.25, 0.3) is 0 Å². The van der Waals surface area contributed by atoms with Crippen molar-refractivity contribution < 1.29 is 21.2 Å². The summed E-state index contributed by atoms with van der Waals surface area (Å²) in [7, 11) is -6.18. The first-order valence-electron chi connectivity index (χ1n) is 12.5. The van der Waals surface area contributed by atoms with Gasteiger partial charge in [-0.3, -0.25) is 0 Å². The minimum absolute atomic E-state index is 0.0313. The zero-order valence-electron chi connectivity index (χ0n) is 21.0. The average Bonchev–Trinajstić information content (AvgIpc) is 2.92. The highest BCUT2D eigenvalue weighted by atomic mass is 32.2. The van der Waals surface area contributed by atoms with Crippen LogP contribution < -0.4 is 0 Å². The van der Waals surface area contributed by atoms with Crippen LogP contribution in [0.5, 0.6) is 0 Å². The summed E-state index contributed by atoms with van der Waals surface area (Å²) in [6.07, 6.45) is 5.23. The summed E-state index contributed by atoms with van der Waals surface area (Å²) in [5.74, 6) is -0.477. The van der Waals surface area contributed by atoms with Crippen molar-refractivity contribution in [2.45, 2.75) is 60.9 Å². The van der Waals surface area contributed by atoms with Crippen molar-refractivity contribution in [3.63, 3.8) is 0 Å². The van der Waals surface area contributed by atoms with Gasteiger partial charge in [-0.25, -0.2) is 21.2 Å². The largest absolute Gasteiger partial charge is 0.243 e. The van der Waals surface area contributed by atoms with Gasteiger partial charge in [0.05, 0.1) is 9.79 Å². The minimum atomic E-state index is -4.03. The fraction of sp³-hybridized carbons (Fsp3) is 0.357. The zero-order chi connectivity index (χ0) is 26.5. The quantitative estimate of drug-likeness (QED) is 0.351. The second-order valence-corrected chi connectivity index (χ2v) is 13.4. The second-order valence-electron chi connectivity index (χ2n) is 9.45. The molecule has 1 fully saturated rings. The summed E-state index contributed by atoms with van der Waals surface area (Å²) in [5.41, 5.74) is 1.23. The highest BCUT2D eigenvalue weighted by molar-refractivity contribution is 7.89. The molecule has 6 nitrogen and oxygen atoms in total. The van der Waals surface area contributed by atoms with Crippen LogP contribution in [0.4, 0.5) is 4.39 Å². The molecule has 1 aliphatic carbocycles. The average molecular weight is 545 g/mol. The Kier molecular flexibility index (Phi) is 8.79. The Morgan fingerprint density at radius 2 is 1.32 bits per heavy atom. The molecule has 0 saturated heterocycles. The number of halogens is 1. The Hall–Kier alpha value is -2.59. The van der Waals surface area contributed by atoms with E-state index in [0.717, 1.165) is 37.7 Å². The molecule has 37 heavy (non-hydrogen) atoms. The molecular formula is C28H33FN2O4S2. The summed E-state index contributed by atoms with van der Waals surface area (Å²) in [6, 6.07) is 20.9. The molecule has 4 rings (SSSR count). The number of rotatable bonds is 10. The maximum atomic E-state index is 14.4. The Morgan fingerprint density at radius 3 is 1.95 bits per heavy atom. The topological polar surface area (TPSA) is 74.8 Å². The van der Waals surface area contributed by atoms with Crippen LogP contribution in [-0.2, 0) is 33.0 Å². The van der Waals surface area contributed by atoms with E-state index < -0.39 is 25.9 Å². The van der Waals surface area contributed by atoms with Gasteiger partial charge in [0.1, 0.15) is 5.82 Å². The summed E-state index contributed by atoms with van der Waals surface area (Å²) in [6.45, 7) is 0.0114. The van der Waals surface area contributed by atoms with E-state index in [1.54, 1.807) is 25.2 Å². The molecule has 0 N–H and O–H groups in total. The molecule has 0 radical (unpaired) electrons. The highest BCUT2D eigenvalue weighted by Gasteiger charge is 2.30. The molecule has 198 valence electrons. The first-order chi connectivity index (χ1) is 17.7. The van der Waals surface area contributed by atoms with E-state index in [1.807, 2.05) is 30.3 Å². The molecule has 0 heterocycles. The summed E-state index contributed by atoms with van der Waals surface area (Å²) in [4.78, 5) is 0.0284. The SMILES string of the molecule is CN(C1CCCCC1)S(=O)(=O)c1ccc(S(=O)(=O)N(CCc2ccccc2)Cc2ccccc2F)cc1. The number of sulfonamides is 2. The molecule has 1 aliphatic rings. The van der Waals surface area contributed by atoms with Crippen molar-refractivity contribution in [3.8, 4) is 0 Å². The summed E-state index contributed by atoms with van der Waals surface area (Å²) >= 11 is 0. The third-order valence-corrected chi connectivity index (χ3v) is 10.8. The molecule has 0 amide bonds. The molecule has 1 saturated carbocycles. The third kappa shape index (κ3) is 6.46. The lowest BCUT2D eigenvalue weighted by atomic mass is 9.96. The fourth-order valence-electron chi connectivity index (χ4n) is 4.74. The van der Waals surface area contributed by atoms with E-state index >= 15 is 0 Å². The molecule has 0 spiro atoms. The Morgan fingerprint density at radius 1 is 0.757 bits per heavy atom. The van der Waals surface area contributed by atoms with Crippen molar-refractivity contribution in [1.82, 2.24) is 8.61 Å². The standard InChI is InChI=1S/C28H33FN2O4S2/c1-30(25-13-6-3-7-14-25)36(32,33)26-16-18-27(19-17-26)37(34,35)31(21-20-23-10-4-2-5-11-23)22-24-12-8-9-15-28(24)29/h2,4-5,8-12,15-19,25H,3,6-7,13-14,20-22H2,1H3. The lowest BCUT2D eigenvalue weighted by Crippen LogP contribution is -2.38. The van der Waals surface area contributed by atoms with Gasteiger partial charge in [0.15, 0.2) is 0 Å². The molecule has 9 heteroatoms. The van der Waals surface area contributed by atoms with Crippen molar-refractivity contribution >= 4 is 20.0 Å². The molecule has 0 atom stereocenters. The summed E-state index contributed by atoms with van der Waals surface area (Å²) in [5, 5.41) is 0. The van der Waals surface area contributed by atoms with Gasteiger partial charge in [-0.05, 0) is 55.2 Å². The minimum Gasteiger partial charge on any atom is -0.207 e. The zero-order valence-corrected chi connectivity index (χ0v) is 22.6. The summed E-state index contributed by atoms with van der Waals surface area (Å²) < 4.78 is 70.8. The molecule has 3 aromatic rings. The second kappa shape index (κ2) is 11.9. The Labute approximate surface area is 219 Å². The lowest BCUT2D eigenvalue weighted by Gasteiger charge is -2.30. The third-order valence-electron chi connectivity index (χ3n) is 7.02. The van der Waals surface area contributed by atoms with E-state index in [1.165, 1.54) is 38.9 Å². The van der Waals surface area contributed by atoms with E-state index in [2.05, 4.69) is 0 Å². The van der Waals surface area contributed by atoms with E-state index in [4.69, 9.17) is 0 Å². The smallest absolute Gasteiger partial charge is 0.207 e. The molecular weight excluding hydrogens is 511 g/mol. The maximum absolute atomic E-state index is 14.4. The van der Waals surface area contributed by atoms with Gasteiger partial charge in [0.25, 0.3) is 0 Å². The molecule has 3 aromatic carbocycles. The number of benzene rings is 3. The van der Waals surface area contributed by atoms with Crippen LogP contribution in [0, 0.1) is 5.82 Å². The first-order valence-corrected chi connectivity index (χ1v) is 15.4. The Bertz CT molecular complexity index is 1390. The van der Waals surface area contributed by atoms with Gasteiger partial charge in [0, 0.05) is 31.7 Å². The van der Waals surface area contributed by atoms with Crippen LogP contribution in [0.1, 0.15) is 43.2 Å².